The molecule has 0 saturated heterocycles. The molecule has 1 saturated carbocycles. The highest BCUT2D eigenvalue weighted by Crippen LogP contribution is 2.39. The average molecular weight is 180 g/mol. The van der Waals surface area contributed by atoms with E-state index in [9.17, 15) is 0 Å². The Hall–Kier alpha value is -1.06. The van der Waals surface area contributed by atoms with Crippen LogP contribution in [0.15, 0.2) is 6.33 Å². The molecule has 0 aromatic carbocycles. The molecule has 0 atom stereocenters. The first kappa shape index (κ1) is 8.53. The topological polar surface area (TPSA) is 42.7 Å². The zero-order valence-corrected chi connectivity index (χ0v) is 8.25. The van der Waals surface area contributed by atoms with Crippen LogP contribution in [-0.4, -0.2) is 21.3 Å². The van der Waals surface area contributed by atoms with Crippen molar-refractivity contribution < 1.29 is 0 Å². The third kappa shape index (κ3) is 1.66. The van der Waals surface area contributed by atoms with Gasteiger partial charge in [-0.25, -0.2) is 0 Å². The molecule has 4 nitrogen and oxygen atoms in total. The van der Waals surface area contributed by atoms with Gasteiger partial charge in [0.1, 0.15) is 6.33 Å². The van der Waals surface area contributed by atoms with Gasteiger partial charge in [-0.15, -0.1) is 10.2 Å². The number of nitrogens with one attached hydrogen (secondary N) is 1. The van der Waals surface area contributed by atoms with E-state index in [4.69, 9.17) is 0 Å². The quantitative estimate of drug-likeness (QED) is 0.765. The number of hydrogen-bond donors (Lipinski definition) is 1. The SMILES string of the molecule is Cn1cnnc1NCC1(C)CCC1. The smallest absolute Gasteiger partial charge is 0.224 e. The lowest BCUT2D eigenvalue weighted by molar-refractivity contribution is 0.179. The van der Waals surface area contributed by atoms with Crippen molar-refractivity contribution in [3.63, 3.8) is 0 Å². The Morgan fingerprint density at radius 2 is 2.38 bits per heavy atom. The largest absolute Gasteiger partial charge is 0.354 e. The van der Waals surface area contributed by atoms with Crippen LogP contribution < -0.4 is 5.32 Å². The Labute approximate surface area is 78.4 Å². The van der Waals surface area contributed by atoms with Gasteiger partial charge in [0.15, 0.2) is 0 Å². The van der Waals surface area contributed by atoms with Crippen molar-refractivity contribution in [1.29, 1.82) is 0 Å². The molecule has 0 spiro atoms. The van der Waals surface area contributed by atoms with Crippen molar-refractivity contribution >= 4 is 5.95 Å². The van der Waals surface area contributed by atoms with Crippen molar-refractivity contribution in [2.45, 2.75) is 26.2 Å². The van der Waals surface area contributed by atoms with E-state index in [1.54, 1.807) is 6.33 Å². The maximum absolute atomic E-state index is 3.98. The first-order chi connectivity index (χ1) is 6.20. The molecule has 1 aliphatic rings. The Kier molecular flexibility index (Phi) is 1.98. The number of aromatic nitrogens is 3. The van der Waals surface area contributed by atoms with E-state index in [1.165, 1.54) is 19.3 Å². The Morgan fingerprint density at radius 3 is 2.85 bits per heavy atom. The summed E-state index contributed by atoms with van der Waals surface area (Å²) >= 11 is 0. The maximum atomic E-state index is 3.98. The molecule has 13 heavy (non-hydrogen) atoms. The van der Waals surface area contributed by atoms with Crippen LogP contribution in [0.25, 0.3) is 0 Å². The van der Waals surface area contributed by atoms with Crippen molar-refractivity contribution in [3.8, 4) is 0 Å². The molecule has 1 N–H and O–H groups in total. The molecule has 4 heteroatoms. The summed E-state index contributed by atoms with van der Waals surface area (Å²) in [5.41, 5.74) is 0.492. The molecule has 0 amide bonds. The first-order valence-corrected chi connectivity index (χ1v) is 4.78. The molecule has 0 unspecified atom stereocenters. The van der Waals surface area contributed by atoms with Gasteiger partial charge in [0.2, 0.25) is 5.95 Å². The molecular formula is C9H16N4. The molecule has 0 aliphatic heterocycles. The summed E-state index contributed by atoms with van der Waals surface area (Å²) in [5, 5.41) is 11.1. The summed E-state index contributed by atoms with van der Waals surface area (Å²) in [6, 6.07) is 0. The van der Waals surface area contributed by atoms with Crippen LogP contribution in [-0.2, 0) is 7.05 Å². The lowest BCUT2D eigenvalue weighted by Crippen LogP contribution is -2.33. The van der Waals surface area contributed by atoms with E-state index in [0.29, 0.717) is 5.41 Å². The van der Waals surface area contributed by atoms with Crippen LogP contribution in [0.4, 0.5) is 5.95 Å². The minimum atomic E-state index is 0.492. The number of aryl methyl sites for hydroxylation is 1. The van der Waals surface area contributed by atoms with Crippen LogP contribution in [0.5, 0.6) is 0 Å². The van der Waals surface area contributed by atoms with Crippen LogP contribution in [0, 0.1) is 5.41 Å². The highest BCUT2D eigenvalue weighted by atomic mass is 15.3. The summed E-state index contributed by atoms with van der Waals surface area (Å²) < 4.78 is 1.90. The minimum Gasteiger partial charge on any atom is -0.354 e. The first-order valence-electron chi connectivity index (χ1n) is 4.78. The van der Waals surface area contributed by atoms with E-state index in [-0.39, 0.29) is 0 Å². The number of hydrogen-bond acceptors (Lipinski definition) is 3. The van der Waals surface area contributed by atoms with Gasteiger partial charge in [-0.3, -0.25) is 0 Å². The summed E-state index contributed by atoms with van der Waals surface area (Å²) in [4.78, 5) is 0. The predicted molar refractivity (Wildman–Crippen MR) is 51.5 cm³/mol. The maximum Gasteiger partial charge on any atom is 0.224 e. The van der Waals surface area contributed by atoms with Gasteiger partial charge in [-0.2, -0.15) is 0 Å². The second-order valence-electron chi connectivity index (χ2n) is 4.28. The van der Waals surface area contributed by atoms with E-state index < -0.39 is 0 Å². The second kappa shape index (κ2) is 3.01. The number of rotatable bonds is 3. The fourth-order valence-corrected chi connectivity index (χ4v) is 1.69. The molecule has 72 valence electrons. The average Bonchev–Trinajstić information content (AvgIpc) is 2.44. The van der Waals surface area contributed by atoms with Crippen molar-refractivity contribution in [1.82, 2.24) is 14.8 Å². The van der Waals surface area contributed by atoms with Crippen LogP contribution in [0.3, 0.4) is 0 Å². The Balaban J connectivity index is 1.89. The van der Waals surface area contributed by atoms with E-state index in [1.807, 2.05) is 11.6 Å². The molecule has 2 rings (SSSR count). The van der Waals surface area contributed by atoms with E-state index in [0.717, 1.165) is 12.5 Å². The molecule has 0 bridgehead atoms. The van der Waals surface area contributed by atoms with Gasteiger partial charge in [0.25, 0.3) is 0 Å². The van der Waals surface area contributed by atoms with Gasteiger partial charge >= 0.3 is 0 Å². The molecule has 1 heterocycles. The highest BCUT2D eigenvalue weighted by molar-refractivity contribution is 5.23. The summed E-state index contributed by atoms with van der Waals surface area (Å²) in [6.45, 7) is 3.33. The molecule has 1 fully saturated rings. The molecule has 1 aromatic heterocycles. The molecular weight excluding hydrogens is 164 g/mol. The second-order valence-corrected chi connectivity index (χ2v) is 4.28. The number of nitrogens with zero attached hydrogens (tertiary/aromatic N) is 3. The fraction of sp³-hybridized carbons (Fsp3) is 0.778. The van der Waals surface area contributed by atoms with Crippen LogP contribution in [0.2, 0.25) is 0 Å². The number of anilines is 1. The zero-order valence-electron chi connectivity index (χ0n) is 8.25. The van der Waals surface area contributed by atoms with E-state index >= 15 is 0 Å². The van der Waals surface area contributed by atoms with Gasteiger partial charge in [0.05, 0.1) is 0 Å². The van der Waals surface area contributed by atoms with Crippen molar-refractivity contribution in [2.75, 3.05) is 11.9 Å². The highest BCUT2D eigenvalue weighted by Gasteiger charge is 2.31. The minimum absolute atomic E-state index is 0.492. The molecule has 0 radical (unpaired) electrons. The van der Waals surface area contributed by atoms with Gasteiger partial charge < -0.3 is 9.88 Å². The van der Waals surface area contributed by atoms with Gasteiger partial charge in [0, 0.05) is 13.6 Å². The van der Waals surface area contributed by atoms with Crippen LogP contribution in [0.1, 0.15) is 26.2 Å². The summed E-state index contributed by atoms with van der Waals surface area (Å²) in [5.74, 6) is 0.869. The third-order valence-electron chi connectivity index (χ3n) is 2.95. The predicted octanol–water partition coefficient (Wildman–Crippen LogP) is 1.42. The van der Waals surface area contributed by atoms with E-state index in [2.05, 4.69) is 22.4 Å². The lowest BCUT2D eigenvalue weighted by atomic mass is 9.70. The Bertz CT molecular complexity index is 288. The third-order valence-corrected chi connectivity index (χ3v) is 2.95. The lowest BCUT2D eigenvalue weighted by Gasteiger charge is -2.38. The molecule has 1 aromatic rings. The standard InChI is InChI=1S/C9H16N4/c1-9(4-3-5-9)6-10-8-12-11-7-13(8)2/h7H,3-6H2,1-2H3,(H,10,12). The zero-order chi connectivity index (χ0) is 9.31. The van der Waals surface area contributed by atoms with Crippen LogP contribution >= 0.6 is 0 Å². The fourth-order valence-electron chi connectivity index (χ4n) is 1.69. The van der Waals surface area contributed by atoms with Gasteiger partial charge in [-0.1, -0.05) is 13.3 Å². The monoisotopic (exact) mass is 180 g/mol. The van der Waals surface area contributed by atoms with Gasteiger partial charge in [-0.05, 0) is 18.3 Å². The summed E-state index contributed by atoms with van der Waals surface area (Å²) in [6.07, 6.45) is 5.75. The Morgan fingerprint density at radius 1 is 1.62 bits per heavy atom. The summed E-state index contributed by atoms with van der Waals surface area (Å²) in [7, 11) is 1.95. The van der Waals surface area contributed by atoms with Crippen molar-refractivity contribution in [2.24, 2.45) is 12.5 Å². The normalized spacial score (nSPS) is 19.5. The van der Waals surface area contributed by atoms with Crippen molar-refractivity contribution in [3.05, 3.63) is 6.33 Å². The molecule has 1 aliphatic carbocycles.